The van der Waals surface area contributed by atoms with Gasteiger partial charge in [-0.3, -0.25) is 9.59 Å². The number of hydrogen-bond donors (Lipinski definition) is 1. The Balaban J connectivity index is 1.47. The highest BCUT2D eigenvalue weighted by molar-refractivity contribution is 6.13. The molecule has 0 bridgehead atoms. The molecule has 0 radical (unpaired) electrons. The molecule has 0 unspecified atom stereocenters. The van der Waals surface area contributed by atoms with E-state index in [2.05, 4.69) is 11.4 Å². The van der Waals surface area contributed by atoms with E-state index in [0.717, 1.165) is 12.0 Å². The fraction of sp³-hybridized carbons (Fsp3) is 0.318. The van der Waals surface area contributed by atoms with Gasteiger partial charge in [0.15, 0.2) is 0 Å². The molecule has 4 rings (SSSR count). The lowest BCUT2D eigenvalue weighted by Gasteiger charge is -2.31. The predicted octanol–water partition coefficient (Wildman–Crippen LogP) is 2.78. The molecular weight excluding hydrogens is 356 g/mol. The highest BCUT2D eigenvalue weighted by Crippen LogP contribution is 2.48. The largest absolute Gasteiger partial charge is 0.465 e. The molecule has 0 saturated heterocycles. The zero-order chi connectivity index (χ0) is 19.7. The SMILES string of the molecule is COC(=O)c1cccc(NC(=O)C2(C(=O)N3CCc4ccccc4C3)CC2)c1. The maximum absolute atomic E-state index is 13.1. The van der Waals surface area contributed by atoms with Crippen LogP contribution in [0, 0.1) is 5.41 Å². The summed E-state index contributed by atoms with van der Waals surface area (Å²) in [6, 6.07) is 14.6. The molecule has 144 valence electrons. The van der Waals surface area contributed by atoms with Crippen molar-refractivity contribution in [1.29, 1.82) is 0 Å². The number of rotatable bonds is 4. The summed E-state index contributed by atoms with van der Waals surface area (Å²) in [7, 11) is 1.31. The minimum Gasteiger partial charge on any atom is -0.465 e. The van der Waals surface area contributed by atoms with Gasteiger partial charge in [0, 0.05) is 18.8 Å². The second-order valence-corrected chi connectivity index (χ2v) is 7.35. The van der Waals surface area contributed by atoms with Gasteiger partial charge in [-0.15, -0.1) is 0 Å². The third kappa shape index (κ3) is 3.26. The highest BCUT2D eigenvalue weighted by atomic mass is 16.5. The van der Waals surface area contributed by atoms with Gasteiger partial charge >= 0.3 is 5.97 Å². The number of ether oxygens (including phenoxy) is 1. The Kier molecular flexibility index (Phi) is 4.63. The fourth-order valence-electron chi connectivity index (χ4n) is 3.73. The van der Waals surface area contributed by atoms with Crippen LogP contribution in [-0.2, 0) is 27.3 Å². The Bertz CT molecular complexity index is 949. The number of nitrogens with zero attached hydrogens (tertiary/aromatic N) is 1. The molecule has 28 heavy (non-hydrogen) atoms. The lowest BCUT2D eigenvalue weighted by molar-refractivity contribution is -0.143. The van der Waals surface area contributed by atoms with Gasteiger partial charge in [-0.25, -0.2) is 4.79 Å². The molecule has 6 nitrogen and oxygen atoms in total. The Morgan fingerprint density at radius 2 is 1.79 bits per heavy atom. The molecule has 1 aliphatic heterocycles. The van der Waals surface area contributed by atoms with Crippen molar-refractivity contribution in [3.63, 3.8) is 0 Å². The monoisotopic (exact) mass is 378 g/mol. The van der Waals surface area contributed by atoms with Crippen molar-refractivity contribution in [2.75, 3.05) is 19.0 Å². The molecule has 1 N–H and O–H groups in total. The zero-order valence-electron chi connectivity index (χ0n) is 15.7. The first-order valence-corrected chi connectivity index (χ1v) is 9.39. The van der Waals surface area contributed by atoms with Crippen molar-refractivity contribution in [3.8, 4) is 0 Å². The molecule has 1 fully saturated rings. The molecule has 2 amide bonds. The number of esters is 1. The Hall–Kier alpha value is -3.15. The number of hydrogen-bond acceptors (Lipinski definition) is 4. The van der Waals surface area contributed by atoms with Crippen molar-refractivity contribution in [3.05, 3.63) is 65.2 Å². The number of benzene rings is 2. The van der Waals surface area contributed by atoms with Gasteiger partial charge in [0.1, 0.15) is 5.41 Å². The van der Waals surface area contributed by atoms with Gasteiger partial charge in [0.25, 0.3) is 0 Å². The second-order valence-electron chi connectivity index (χ2n) is 7.35. The maximum Gasteiger partial charge on any atom is 0.337 e. The van der Waals surface area contributed by atoms with Gasteiger partial charge in [0.2, 0.25) is 11.8 Å². The molecule has 0 atom stereocenters. The molecule has 0 aromatic heterocycles. The van der Waals surface area contributed by atoms with Crippen molar-refractivity contribution in [2.45, 2.75) is 25.8 Å². The average molecular weight is 378 g/mol. The van der Waals surface area contributed by atoms with Crippen LogP contribution in [0.2, 0.25) is 0 Å². The molecule has 1 saturated carbocycles. The summed E-state index contributed by atoms with van der Waals surface area (Å²) in [6.45, 7) is 1.17. The minimum absolute atomic E-state index is 0.108. The Labute approximate surface area is 163 Å². The van der Waals surface area contributed by atoms with Gasteiger partial charge in [-0.1, -0.05) is 30.3 Å². The standard InChI is InChI=1S/C22H22N2O4/c1-28-19(25)16-7-4-8-18(13-16)23-20(26)22(10-11-22)21(27)24-12-9-15-5-2-3-6-17(15)14-24/h2-8,13H,9-12,14H2,1H3,(H,23,26). The summed E-state index contributed by atoms with van der Waals surface area (Å²) in [5, 5.41) is 2.81. The third-order valence-corrected chi connectivity index (χ3v) is 5.55. The molecular formula is C22H22N2O4. The van der Waals surface area contributed by atoms with E-state index < -0.39 is 11.4 Å². The van der Waals surface area contributed by atoms with Crippen LogP contribution in [-0.4, -0.2) is 36.3 Å². The van der Waals surface area contributed by atoms with Crippen molar-refractivity contribution < 1.29 is 19.1 Å². The first-order chi connectivity index (χ1) is 13.5. The molecule has 6 heteroatoms. The van der Waals surface area contributed by atoms with Crippen molar-refractivity contribution >= 4 is 23.5 Å². The molecule has 2 aliphatic rings. The second kappa shape index (κ2) is 7.11. The van der Waals surface area contributed by atoms with Gasteiger partial charge in [0.05, 0.1) is 12.7 Å². The smallest absolute Gasteiger partial charge is 0.337 e. The van der Waals surface area contributed by atoms with E-state index in [0.29, 0.717) is 37.2 Å². The van der Waals surface area contributed by atoms with E-state index >= 15 is 0 Å². The van der Waals surface area contributed by atoms with Crippen LogP contribution in [0.4, 0.5) is 5.69 Å². The van der Waals surface area contributed by atoms with E-state index in [4.69, 9.17) is 4.74 Å². The highest BCUT2D eigenvalue weighted by Gasteiger charge is 2.58. The first-order valence-electron chi connectivity index (χ1n) is 9.39. The number of amides is 2. The molecule has 1 heterocycles. The molecule has 2 aromatic rings. The summed E-state index contributed by atoms with van der Waals surface area (Å²) in [4.78, 5) is 39.5. The number of nitrogens with one attached hydrogen (secondary N) is 1. The van der Waals surface area contributed by atoms with Gasteiger partial charge in [-0.05, 0) is 48.6 Å². The summed E-state index contributed by atoms with van der Waals surface area (Å²) < 4.78 is 4.71. The number of carbonyl (C=O) groups is 3. The van der Waals surface area contributed by atoms with Crippen molar-refractivity contribution in [2.24, 2.45) is 5.41 Å². The van der Waals surface area contributed by atoms with Crippen LogP contribution in [0.5, 0.6) is 0 Å². The molecule has 2 aromatic carbocycles. The lowest BCUT2D eigenvalue weighted by Crippen LogP contribution is -2.45. The minimum atomic E-state index is -0.993. The van der Waals surface area contributed by atoms with Crippen LogP contribution in [0.1, 0.15) is 34.3 Å². The predicted molar refractivity (Wildman–Crippen MR) is 104 cm³/mol. The van der Waals surface area contributed by atoms with E-state index in [1.54, 1.807) is 29.2 Å². The van der Waals surface area contributed by atoms with E-state index in [1.165, 1.54) is 12.7 Å². The number of fused-ring (bicyclic) bond motifs is 1. The summed E-state index contributed by atoms with van der Waals surface area (Å²) in [5.74, 6) is -0.887. The fourth-order valence-corrected chi connectivity index (χ4v) is 3.73. The van der Waals surface area contributed by atoms with Crippen LogP contribution >= 0.6 is 0 Å². The van der Waals surface area contributed by atoms with Gasteiger partial charge < -0.3 is 15.0 Å². The molecule has 1 aliphatic carbocycles. The quantitative estimate of drug-likeness (QED) is 0.656. The maximum atomic E-state index is 13.1. The van der Waals surface area contributed by atoms with Crippen LogP contribution in [0.3, 0.4) is 0 Å². The zero-order valence-corrected chi connectivity index (χ0v) is 15.7. The van der Waals surface area contributed by atoms with Crippen LogP contribution in [0.15, 0.2) is 48.5 Å². The third-order valence-electron chi connectivity index (χ3n) is 5.55. The normalized spacial score (nSPS) is 16.7. The Morgan fingerprint density at radius 1 is 1.04 bits per heavy atom. The van der Waals surface area contributed by atoms with Crippen LogP contribution < -0.4 is 5.32 Å². The average Bonchev–Trinajstić information content (AvgIpc) is 3.54. The van der Waals surface area contributed by atoms with E-state index in [9.17, 15) is 14.4 Å². The summed E-state index contributed by atoms with van der Waals surface area (Å²) in [6.07, 6.45) is 1.90. The van der Waals surface area contributed by atoms with E-state index in [1.807, 2.05) is 18.2 Å². The van der Waals surface area contributed by atoms with Gasteiger partial charge in [-0.2, -0.15) is 0 Å². The van der Waals surface area contributed by atoms with Crippen molar-refractivity contribution in [1.82, 2.24) is 4.90 Å². The number of methoxy groups -OCH3 is 1. The Morgan fingerprint density at radius 3 is 2.50 bits per heavy atom. The first kappa shape index (κ1) is 18.2. The summed E-state index contributed by atoms with van der Waals surface area (Å²) >= 11 is 0. The number of anilines is 1. The lowest BCUT2D eigenvalue weighted by atomic mass is 9.97. The molecule has 0 spiro atoms. The summed E-state index contributed by atoms with van der Waals surface area (Å²) in [5.41, 5.74) is 2.25. The van der Waals surface area contributed by atoms with Crippen LogP contribution in [0.25, 0.3) is 0 Å². The number of carbonyl (C=O) groups excluding carboxylic acids is 3. The topological polar surface area (TPSA) is 75.7 Å². The van der Waals surface area contributed by atoms with E-state index in [-0.39, 0.29) is 11.8 Å².